The first-order valence-corrected chi connectivity index (χ1v) is 7.87. The number of carbonyl (C=O) groups is 1. The van der Waals surface area contributed by atoms with Crippen molar-refractivity contribution < 1.29 is 18.3 Å². The van der Waals surface area contributed by atoms with Gasteiger partial charge < -0.3 is 5.11 Å². The average molecular weight is 376 g/mol. The number of carboxylic acids is 1. The molecule has 21 heavy (non-hydrogen) atoms. The van der Waals surface area contributed by atoms with Crippen LogP contribution in [0.25, 0.3) is 0 Å². The van der Waals surface area contributed by atoms with Gasteiger partial charge in [-0.05, 0) is 41.1 Å². The molecule has 1 aromatic carbocycles. The van der Waals surface area contributed by atoms with Gasteiger partial charge in [0.05, 0.1) is 16.5 Å². The number of H-pyrrole nitrogens is 1. The Morgan fingerprint density at radius 2 is 2.19 bits per heavy atom. The Bertz CT molecular complexity index is 762. The summed E-state index contributed by atoms with van der Waals surface area (Å²) in [6.45, 7) is 1.54. The van der Waals surface area contributed by atoms with Crippen LogP contribution in [-0.2, 0) is 10.0 Å². The van der Waals surface area contributed by atoms with Crippen LogP contribution in [0.4, 0.5) is 0 Å². The number of carboxylic acid groups (broad SMARTS) is 1. The Balaban J connectivity index is 2.32. The van der Waals surface area contributed by atoms with Crippen molar-refractivity contribution in [1.29, 1.82) is 0 Å². The minimum Gasteiger partial charge on any atom is -0.478 e. The lowest BCUT2D eigenvalue weighted by Crippen LogP contribution is -2.27. The van der Waals surface area contributed by atoms with Gasteiger partial charge in [0.15, 0.2) is 5.82 Å². The number of aromatic nitrogens is 4. The van der Waals surface area contributed by atoms with Gasteiger partial charge in [0.25, 0.3) is 0 Å². The van der Waals surface area contributed by atoms with Crippen molar-refractivity contribution in [3.8, 4) is 0 Å². The smallest absolute Gasteiger partial charge is 0.336 e. The molecule has 0 radical (unpaired) electrons. The van der Waals surface area contributed by atoms with E-state index in [1.165, 1.54) is 12.1 Å². The molecular formula is C10H10BrN5O4S. The SMILES string of the molecule is CC(NS(=O)(=O)c1ccc(Br)c(C(=O)O)c1)c1nn[nH]n1. The lowest BCUT2D eigenvalue weighted by atomic mass is 10.2. The molecule has 0 amide bonds. The molecule has 9 nitrogen and oxygen atoms in total. The molecule has 2 aromatic rings. The Morgan fingerprint density at radius 1 is 1.48 bits per heavy atom. The predicted octanol–water partition coefficient (Wildman–Crippen LogP) is 0.700. The molecule has 0 saturated heterocycles. The van der Waals surface area contributed by atoms with E-state index in [0.29, 0.717) is 4.47 Å². The summed E-state index contributed by atoms with van der Waals surface area (Å²) in [5.74, 6) is -1.06. The lowest BCUT2D eigenvalue weighted by molar-refractivity contribution is 0.0695. The van der Waals surface area contributed by atoms with Gasteiger partial charge in [-0.2, -0.15) is 5.21 Å². The van der Waals surface area contributed by atoms with Crippen molar-refractivity contribution in [2.75, 3.05) is 0 Å². The van der Waals surface area contributed by atoms with Crippen LogP contribution in [0.2, 0.25) is 0 Å². The Morgan fingerprint density at radius 3 is 2.76 bits per heavy atom. The molecule has 0 saturated carbocycles. The summed E-state index contributed by atoms with van der Waals surface area (Å²) in [5, 5.41) is 21.9. The van der Waals surface area contributed by atoms with E-state index in [1.807, 2.05) is 0 Å². The maximum atomic E-state index is 12.2. The van der Waals surface area contributed by atoms with Crippen LogP contribution in [0.1, 0.15) is 29.1 Å². The average Bonchev–Trinajstić information content (AvgIpc) is 2.92. The molecule has 0 aliphatic carbocycles. The minimum absolute atomic E-state index is 0.148. The van der Waals surface area contributed by atoms with E-state index in [2.05, 4.69) is 41.3 Å². The molecule has 1 atom stereocenters. The first-order valence-electron chi connectivity index (χ1n) is 5.60. The summed E-state index contributed by atoms with van der Waals surface area (Å²) in [6.07, 6.45) is 0. The van der Waals surface area contributed by atoms with Crippen molar-refractivity contribution >= 4 is 31.9 Å². The quantitative estimate of drug-likeness (QED) is 0.698. The summed E-state index contributed by atoms with van der Waals surface area (Å²) in [6, 6.07) is 3.00. The van der Waals surface area contributed by atoms with Gasteiger partial charge in [0, 0.05) is 4.47 Å². The first-order chi connectivity index (χ1) is 9.81. The standard InChI is InChI=1S/C10H10BrN5O4S/c1-5(9-12-15-16-13-9)14-21(19,20)6-2-3-8(11)7(4-6)10(17)18/h2-5,14H,1H3,(H,17,18)(H,12,13,15,16). The molecule has 0 fully saturated rings. The second-order valence-corrected chi connectivity index (χ2v) is 6.63. The van der Waals surface area contributed by atoms with E-state index in [4.69, 9.17) is 5.11 Å². The molecule has 1 heterocycles. The largest absolute Gasteiger partial charge is 0.478 e. The number of halogens is 1. The highest BCUT2D eigenvalue weighted by Gasteiger charge is 2.22. The summed E-state index contributed by atoms with van der Waals surface area (Å²) < 4.78 is 27.1. The highest BCUT2D eigenvalue weighted by molar-refractivity contribution is 9.10. The van der Waals surface area contributed by atoms with E-state index in [-0.39, 0.29) is 16.3 Å². The summed E-state index contributed by atoms with van der Waals surface area (Å²) in [5.41, 5.74) is -0.148. The zero-order valence-electron chi connectivity index (χ0n) is 10.6. The Kier molecular flexibility index (Phi) is 4.34. The van der Waals surface area contributed by atoms with E-state index in [9.17, 15) is 13.2 Å². The fourth-order valence-corrected chi connectivity index (χ4v) is 3.19. The fourth-order valence-electron chi connectivity index (χ4n) is 1.54. The number of hydrogen-bond donors (Lipinski definition) is 3. The minimum atomic E-state index is -3.91. The summed E-state index contributed by atoms with van der Waals surface area (Å²) >= 11 is 3.05. The van der Waals surface area contributed by atoms with Crippen LogP contribution in [0.3, 0.4) is 0 Å². The molecular weight excluding hydrogens is 366 g/mol. The third kappa shape index (κ3) is 3.43. The number of tetrazole rings is 1. The molecule has 2 rings (SSSR count). The third-order valence-corrected chi connectivity index (χ3v) is 4.79. The number of aromatic carboxylic acids is 1. The van der Waals surface area contributed by atoms with Crippen LogP contribution in [0, 0.1) is 0 Å². The van der Waals surface area contributed by atoms with Crippen LogP contribution in [0.5, 0.6) is 0 Å². The van der Waals surface area contributed by atoms with Crippen molar-refractivity contribution in [2.24, 2.45) is 0 Å². The normalized spacial score (nSPS) is 13.0. The number of aromatic amines is 1. The monoisotopic (exact) mass is 375 g/mol. The van der Waals surface area contributed by atoms with Crippen LogP contribution in [0.15, 0.2) is 27.6 Å². The zero-order valence-corrected chi connectivity index (χ0v) is 13.0. The fraction of sp³-hybridized carbons (Fsp3) is 0.200. The highest BCUT2D eigenvalue weighted by Crippen LogP contribution is 2.22. The lowest BCUT2D eigenvalue weighted by Gasteiger charge is -2.11. The maximum Gasteiger partial charge on any atom is 0.336 e. The second-order valence-electron chi connectivity index (χ2n) is 4.06. The van der Waals surface area contributed by atoms with E-state index in [0.717, 1.165) is 6.07 Å². The van der Waals surface area contributed by atoms with Crippen molar-refractivity contribution in [2.45, 2.75) is 17.9 Å². The summed E-state index contributed by atoms with van der Waals surface area (Å²) in [4.78, 5) is 10.9. The molecule has 0 spiro atoms. The predicted molar refractivity (Wildman–Crippen MR) is 74.0 cm³/mol. The van der Waals surface area contributed by atoms with Crippen molar-refractivity contribution in [3.63, 3.8) is 0 Å². The van der Waals surface area contributed by atoms with E-state index >= 15 is 0 Å². The number of nitrogens with zero attached hydrogens (tertiary/aromatic N) is 3. The third-order valence-electron chi connectivity index (χ3n) is 2.56. The maximum absolute atomic E-state index is 12.2. The van der Waals surface area contributed by atoms with Crippen LogP contribution >= 0.6 is 15.9 Å². The van der Waals surface area contributed by atoms with E-state index < -0.39 is 22.0 Å². The van der Waals surface area contributed by atoms with Crippen molar-refractivity contribution in [3.05, 3.63) is 34.1 Å². The van der Waals surface area contributed by atoms with Gasteiger partial charge in [0.2, 0.25) is 10.0 Å². The Labute approximate surface area is 127 Å². The number of sulfonamides is 1. The van der Waals surface area contributed by atoms with Crippen LogP contribution < -0.4 is 4.72 Å². The molecule has 112 valence electrons. The molecule has 1 aromatic heterocycles. The number of nitrogens with one attached hydrogen (secondary N) is 2. The van der Waals surface area contributed by atoms with Gasteiger partial charge in [-0.15, -0.1) is 10.2 Å². The van der Waals surface area contributed by atoms with Gasteiger partial charge in [-0.1, -0.05) is 5.21 Å². The molecule has 11 heteroatoms. The van der Waals surface area contributed by atoms with Gasteiger partial charge in [-0.3, -0.25) is 0 Å². The van der Waals surface area contributed by atoms with Gasteiger partial charge in [0.1, 0.15) is 0 Å². The van der Waals surface area contributed by atoms with Gasteiger partial charge >= 0.3 is 5.97 Å². The van der Waals surface area contributed by atoms with E-state index in [1.54, 1.807) is 6.92 Å². The second kappa shape index (κ2) is 5.87. The van der Waals surface area contributed by atoms with Crippen molar-refractivity contribution in [1.82, 2.24) is 25.3 Å². The number of rotatable bonds is 5. The molecule has 0 aliphatic heterocycles. The van der Waals surface area contributed by atoms with Gasteiger partial charge in [-0.25, -0.2) is 17.9 Å². The number of hydrogen-bond acceptors (Lipinski definition) is 6. The molecule has 0 aliphatic rings. The molecule has 1 unspecified atom stereocenters. The van der Waals surface area contributed by atoms with Crippen LogP contribution in [-0.4, -0.2) is 40.1 Å². The molecule has 0 bridgehead atoms. The summed E-state index contributed by atoms with van der Waals surface area (Å²) in [7, 11) is -3.91. The first kappa shape index (κ1) is 15.5. The topological polar surface area (TPSA) is 138 Å². The molecule has 3 N–H and O–H groups in total. The zero-order chi connectivity index (χ0) is 15.6. The highest BCUT2D eigenvalue weighted by atomic mass is 79.9. The Hall–Kier alpha value is -1.85. The number of benzene rings is 1.